The van der Waals surface area contributed by atoms with Crippen LogP contribution in [0.2, 0.25) is 0 Å². The molecule has 0 radical (unpaired) electrons. The van der Waals surface area contributed by atoms with Gasteiger partial charge in [-0.1, -0.05) is 118 Å². The summed E-state index contributed by atoms with van der Waals surface area (Å²) in [6.45, 7) is 7.07. The van der Waals surface area contributed by atoms with Crippen LogP contribution in [-0.4, -0.2) is 18.7 Å². The van der Waals surface area contributed by atoms with E-state index in [1.165, 1.54) is 71.6 Å². The van der Waals surface area contributed by atoms with Crippen molar-refractivity contribution >= 4 is 54.6 Å². The average molecular weight is 683 g/mol. The molecule has 4 nitrogen and oxygen atoms in total. The van der Waals surface area contributed by atoms with Crippen LogP contribution < -0.4 is 0 Å². The summed E-state index contributed by atoms with van der Waals surface area (Å²) in [6, 6.07) is 55.6. The highest BCUT2D eigenvalue weighted by atomic mass is 15.1. The molecule has 3 heterocycles. The van der Waals surface area contributed by atoms with Crippen molar-refractivity contribution in [2.45, 2.75) is 39.0 Å². The number of hydrogen-bond acceptors (Lipinski definition) is 1. The van der Waals surface area contributed by atoms with Gasteiger partial charge in [0, 0.05) is 56.0 Å². The molecule has 0 amide bonds. The van der Waals surface area contributed by atoms with Crippen LogP contribution >= 0.6 is 0 Å². The summed E-state index contributed by atoms with van der Waals surface area (Å²) in [6.07, 6.45) is 1.94. The molecule has 3 aromatic heterocycles. The largest absolute Gasteiger partial charge is 0.309 e. The van der Waals surface area contributed by atoms with Gasteiger partial charge in [-0.15, -0.1) is 0 Å². The van der Waals surface area contributed by atoms with Crippen LogP contribution in [0.25, 0.3) is 82.8 Å². The van der Waals surface area contributed by atoms with Crippen molar-refractivity contribution in [1.29, 1.82) is 0 Å². The second-order valence-electron chi connectivity index (χ2n) is 15.0. The summed E-state index contributed by atoms with van der Waals surface area (Å²) in [5.41, 5.74) is 15.8. The lowest BCUT2D eigenvalue weighted by Crippen LogP contribution is -2.15. The van der Waals surface area contributed by atoms with Crippen LogP contribution in [0.1, 0.15) is 44.1 Å². The second-order valence-corrected chi connectivity index (χ2v) is 15.0. The molecular formula is C49H38N4. The molecule has 0 saturated heterocycles. The van der Waals surface area contributed by atoms with Gasteiger partial charge < -0.3 is 9.13 Å². The van der Waals surface area contributed by atoms with Crippen molar-refractivity contribution in [3.05, 3.63) is 169 Å². The third-order valence-corrected chi connectivity index (χ3v) is 11.7. The predicted octanol–water partition coefficient (Wildman–Crippen LogP) is 12.5. The van der Waals surface area contributed by atoms with E-state index < -0.39 is 0 Å². The number of aromatic nitrogens is 4. The summed E-state index contributed by atoms with van der Waals surface area (Å²) >= 11 is 0. The van der Waals surface area contributed by atoms with Gasteiger partial charge in [0.05, 0.1) is 33.1 Å². The van der Waals surface area contributed by atoms with Crippen molar-refractivity contribution in [1.82, 2.24) is 18.7 Å². The Labute approximate surface area is 308 Å². The number of nitrogens with zero attached hydrogens (tertiary/aromatic N) is 4. The summed E-state index contributed by atoms with van der Waals surface area (Å²) in [4.78, 5) is 5.11. The maximum atomic E-state index is 5.11. The molecule has 0 N–H and O–H groups in total. The molecule has 53 heavy (non-hydrogen) atoms. The molecule has 254 valence electrons. The zero-order valence-electron chi connectivity index (χ0n) is 30.1. The number of para-hydroxylation sites is 5. The monoisotopic (exact) mass is 682 g/mol. The van der Waals surface area contributed by atoms with Crippen LogP contribution in [0.3, 0.4) is 0 Å². The van der Waals surface area contributed by atoms with Gasteiger partial charge in [0.25, 0.3) is 0 Å². The van der Waals surface area contributed by atoms with Gasteiger partial charge in [-0.2, -0.15) is 0 Å². The Morgan fingerprint density at radius 2 is 1.11 bits per heavy atom. The minimum absolute atomic E-state index is 0.224. The van der Waals surface area contributed by atoms with E-state index in [1.54, 1.807) is 0 Å². The van der Waals surface area contributed by atoms with E-state index in [4.69, 9.17) is 4.98 Å². The molecule has 0 unspecified atom stereocenters. The van der Waals surface area contributed by atoms with Gasteiger partial charge in [0.2, 0.25) is 0 Å². The van der Waals surface area contributed by atoms with Gasteiger partial charge in [0.1, 0.15) is 5.82 Å². The number of imidazole rings is 1. The van der Waals surface area contributed by atoms with Crippen LogP contribution in [0.15, 0.2) is 152 Å². The Balaban J connectivity index is 1.36. The number of rotatable bonds is 5. The van der Waals surface area contributed by atoms with Crippen molar-refractivity contribution in [3.8, 4) is 28.2 Å². The lowest BCUT2D eigenvalue weighted by molar-refractivity contribution is 0.667. The van der Waals surface area contributed by atoms with E-state index in [-0.39, 0.29) is 5.41 Å². The summed E-state index contributed by atoms with van der Waals surface area (Å²) in [7, 11) is 0. The standard InChI is InChI=1S/C49H38N4/c1-4-17-42-50-38-26-12-15-29-41(38)51(42)32-20-16-21-33(30-32)53-40-28-14-10-24-36(40)45-47(53)43-34-22-8-11-25-37(34)49(2,3)46(43)44-35-23-9-13-27-39(35)52(48(44)45)31-18-6-5-7-19-31/h5-16,18-30H,4,17H2,1-3H3. The number of fused-ring (bicyclic) bond motifs is 13. The maximum absolute atomic E-state index is 5.11. The molecule has 7 aromatic carbocycles. The highest BCUT2D eigenvalue weighted by Crippen LogP contribution is 2.58. The minimum Gasteiger partial charge on any atom is -0.309 e. The second kappa shape index (κ2) is 11.1. The average Bonchev–Trinajstić information content (AvgIpc) is 3.90. The van der Waals surface area contributed by atoms with Gasteiger partial charge in [0.15, 0.2) is 0 Å². The molecule has 4 heteroatoms. The first-order valence-corrected chi connectivity index (χ1v) is 18.8. The molecule has 0 fully saturated rings. The van der Waals surface area contributed by atoms with Crippen molar-refractivity contribution in [3.63, 3.8) is 0 Å². The number of benzene rings is 7. The zero-order valence-corrected chi connectivity index (χ0v) is 30.1. The van der Waals surface area contributed by atoms with Crippen LogP contribution in [0, 0.1) is 0 Å². The molecule has 0 aliphatic heterocycles. The topological polar surface area (TPSA) is 27.7 Å². The first-order chi connectivity index (χ1) is 26.1. The van der Waals surface area contributed by atoms with Gasteiger partial charge in [-0.3, -0.25) is 4.57 Å². The first-order valence-electron chi connectivity index (χ1n) is 18.8. The number of hydrogen-bond donors (Lipinski definition) is 0. The number of aryl methyl sites for hydroxylation is 1. The fraction of sp³-hybridized carbons (Fsp3) is 0.122. The van der Waals surface area contributed by atoms with E-state index in [0.717, 1.165) is 41.1 Å². The van der Waals surface area contributed by atoms with E-state index in [0.29, 0.717) is 0 Å². The van der Waals surface area contributed by atoms with E-state index in [2.05, 4.69) is 186 Å². The quantitative estimate of drug-likeness (QED) is 0.178. The highest BCUT2D eigenvalue weighted by molar-refractivity contribution is 6.31. The molecule has 0 bridgehead atoms. The van der Waals surface area contributed by atoms with Gasteiger partial charge >= 0.3 is 0 Å². The summed E-state index contributed by atoms with van der Waals surface area (Å²) in [5, 5.41) is 5.17. The Morgan fingerprint density at radius 1 is 0.528 bits per heavy atom. The Kier molecular flexibility index (Phi) is 6.31. The van der Waals surface area contributed by atoms with E-state index in [1.807, 2.05) is 0 Å². The van der Waals surface area contributed by atoms with Crippen molar-refractivity contribution < 1.29 is 0 Å². The first kappa shape index (κ1) is 30.3. The normalized spacial score (nSPS) is 13.5. The Bertz CT molecular complexity index is 3100. The van der Waals surface area contributed by atoms with Crippen LogP contribution in [-0.2, 0) is 11.8 Å². The maximum Gasteiger partial charge on any atom is 0.114 e. The van der Waals surface area contributed by atoms with Crippen LogP contribution in [0.5, 0.6) is 0 Å². The van der Waals surface area contributed by atoms with E-state index >= 15 is 0 Å². The summed E-state index contributed by atoms with van der Waals surface area (Å²) < 4.78 is 7.44. The molecule has 0 saturated carbocycles. The fourth-order valence-corrected chi connectivity index (χ4v) is 9.60. The van der Waals surface area contributed by atoms with Gasteiger partial charge in [-0.25, -0.2) is 4.98 Å². The molecule has 10 aromatic rings. The third kappa shape index (κ3) is 4.04. The van der Waals surface area contributed by atoms with Crippen molar-refractivity contribution in [2.75, 3.05) is 0 Å². The van der Waals surface area contributed by atoms with Crippen LogP contribution in [0.4, 0.5) is 0 Å². The van der Waals surface area contributed by atoms with Gasteiger partial charge in [-0.05, 0) is 77.7 Å². The summed E-state index contributed by atoms with van der Waals surface area (Å²) in [5.74, 6) is 1.10. The highest BCUT2D eigenvalue weighted by Gasteiger charge is 2.41. The molecule has 11 rings (SSSR count). The molecule has 0 atom stereocenters. The Morgan fingerprint density at radius 3 is 1.87 bits per heavy atom. The smallest absolute Gasteiger partial charge is 0.114 e. The lowest BCUT2D eigenvalue weighted by Gasteiger charge is -2.23. The fourth-order valence-electron chi connectivity index (χ4n) is 9.60. The zero-order chi connectivity index (χ0) is 35.4. The lowest BCUT2D eigenvalue weighted by atomic mass is 9.80. The minimum atomic E-state index is -0.224. The van der Waals surface area contributed by atoms with E-state index in [9.17, 15) is 0 Å². The van der Waals surface area contributed by atoms with Crippen molar-refractivity contribution in [2.24, 2.45) is 0 Å². The predicted molar refractivity (Wildman–Crippen MR) is 221 cm³/mol. The molecule has 1 aliphatic carbocycles. The molecule has 1 aliphatic rings. The SMILES string of the molecule is CCCc1nc2ccccc2n1-c1cccc(-n2c3ccccc3c3c2c2c(c4c5ccccc5n(-c5ccccc5)c43)C(C)(C)c3ccccc3-2)c1. The third-order valence-electron chi connectivity index (χ3n) is 11.7. The molecular weight excluding hydrogens is 645 g/mol. The molecule has 0 spiro atoms. The Hall–Kier alpha value is -6.39.